The van der Waals surface area contributed by atoms with Crippen LogP contribution in [0.1, 0.15) is 36.7 Å². The Hall–Kier alpha value is -2.15. The molecule has 0 unspecified atom stereocenters. The van der Waals surface area contributed by atoms with Crippen LogP contribution < -0.4 is 11.1 Å². The third kappa shape index (κ3) is 7.03. The van der Waals surface area contributed by atoms with Gasteiger partial charge in [-0.3, -0.25) is 0 Å². The van der Waals surface area contributed by atoms with Crippen LogP contribution in [0.5, 0.6) is 0 Å². The minimum Gasteiger partial charge on any atom is -0.465 e. The first-order chi connectivity index (χ1) is 10.2. The number of hydrogen-bond donors (Lipinski definition) is 2. The van der Waals surface area contributed by atoms with Gasteiger partial charge in [-0.2, -0.15) is 0 Å². The van der Waals surface area contributed by atoms with Crippen LogP contribution in [0, 0.1) is 5.82 Å². The number of carbonyl (C=O) groups is 2. The standard InChI is InChI=1S/C14H18FNO4.CH5N/c1-14(2,3)20-13(18)16-8-9-5-6-10(15)7-11(9)12(17)19-4;1-2/h5-7H,8H2,1-4H3,(H,16,18);2H2,1H3. The minimum absolute atomic E-state index is 0.0413. The summed E-state index contributed by atoms with van der Waals surface area (Å²) in [5, 5.41) is 2.50. The van der Waals surface area contributed by atoms with Gasteiger partial charge in [0.25, 0.3) is 0 Å². The average molecular weight is 314 g/mol. The van der Waals surface area contributed by atoms with Crippen molar-refractivity contribution in [1.82, 2.24) is 5.32 Å². The molecule has 0 spiro atoms. The molecule has 1 aromatic carbocycles. The number of carbonyl (C=O) groups excluding carboxylic acids is 2. The lowest BCUT2D eigenvalue weighted by Crippen LogP contribution is -2.32. The molecular formula is C15H23FN2O4. The number of nitrogens with one attached hydrogen (secondary N) is 1. The highest BCUT2D eigenvalue weighted by atomic mass is 19.1. The lowest BCUT2D eigenvalue weighted by atomic mass is 10.1. The van der Waals surface area contributed by atoms with Gasteiger partial charge in [-0.05, 0) is 45.5 Å². The van der Waals surface area contributed by atoms with Gasteiger partial charge in [0.15, 0.2) is 0 Å². The van der Waals surface area contributed by atoms with Gasteiger partial charge in [0.2, 0.25) is 0 Å². The minimum atomic E-state index is -0.662. The molecule has 0 atom stereocenters. The zero-order valence-corrected chi connectivity index (χ0v) is 13.5. The molecule has 1 rings (SSSR count). The summed E-state index contributed by atoms with van der Waals surface area (Å²) in [5.41, 5.74) is 4.41. The molecule has 0 heterocycles. The van der Waals surface area contributed by atoms with E-state index in [4.69, 9.17) is 4.74 Å². The first-order valence-corrected chi connectivity index (χ1v) is 6.64. The molecule has 0 radical (unpaired) electrons. The average Bonchev–Trinajstić information content (AvgIpc) is 2.45. The first kappa shape index (κ1) is 19.9. The van der Waals surface area contributed by atoms with E-state index in [1.807, 2.05) is 0 Å². The van der Waals surface area contributed by atoms with Crippen LogP contribution >= 0.6 is 0 Å². The Morgan fingerprint density at radius 2 is 1.86 bits per heavy atom. The van der Waals surface area contributed by atoms with Crippen molar-refractivity contribution in [2.75, 3.05) is 14.2 Å². The predicted molar refractivity (Wildman–Crippen MR) is 80.9 cm³/mol. The lowest BCUT2D eigenvalue weighted by molar-refractivity contribution is 0.0518. The van der Waals surface area contributed by atoms with Gasteiger partial charge >= 0.3 is 12.1 Å². The summed E-state index contributed by atoms with van der Waals surface area (Å²) in [5.74, 6) is -1.21. The molecular weight excluding hydrogens is 291 g/mol. The van der Waals surface area contributed by atoms with E-state index in [0.29, 0.717) is 5.56 Å². The SMILES string of the molecule is CN.COC(=O)c1cc(F)ccc1CNC(=O)OC(C)(C)C. The van der Waals surface area contributed by atoms with Gasteiger partial charge in [0.1, 0.15) is 11.4 Å². The monoisotopic (exact) mass is 314 g/mol. The summed E-state index contributed by atoms with van der Waals surface area (Å²) < 4.78 is 22.8. The van der Waals surface area contributed by atoms with Crippen LogP contribution in [0.2, 0.25) is 0 Å². The number of methoxy groups -OCH3 is 1. The maximum atomic E-state index is 13.1. The summed E-state index contributed by atoms with van der Waals surface area (Å²) in [7, 11) is 2.71. The van der Waals surface area contributed by atoms with Crippen molar-refractivity contribution in [3.63, 3.8) is 0 Å². The van der Waals surface area contributed by atoms with Crippen molar-refractivity contribution in [3.05, 3.63) is 35.1 Å². The second-order valence-corrected chi connectivity index (χ2v) is 5.15. The van der Waals surface area contributed by atoms with Crippen molar-refractivity contribution in [2.24, 2.45) is 5.73 Å². The molecule has 0 aliphatic carbocycles. The highest BCUT2D eigenvalue weighted by molar-refractivity contribution is 5.91. The Kier molecular flexibility index (Phi) is 8.11. The summed E-state index contributed by atoms with van der Waals surface area (Å²) in [6.07, 6.45) is -0.613. The number of ether oxygens (including phenoxy) is 2. The number of esters is 1. The third-order valence-electron chi connectivity index (χ3n) is 2.30. The second kappa shape index (κ2) is 8.99. The van der Waals surface area contributed by atoms with Crippen LogP contribution in [-0.2, 0) is 16.0 Å². The van der Waals surface area contributed by atoms with Crippen molar-refractivity contribution in [1.29, 1.82) is 0 Å². The van der Waals surface area contributed by atoms with Crippen molar-refractivity contribution >= 4 is 12.1 Å². The summed E-state index contributed by atoms with van der Waals surface area (Å²) in [4.78, 5) is 23.1. The Morgan fingerprint density at radius 3 is 2.36 bits per heavy atom. The molecule has 0 aliphatic rings. The van der Waals surface area contributed by atoms with E-state index >= 15 is 0 Å². The zero-order valence-electron chi connectivity index (χ0n) is 13.5. The molecule has 22 heavy (non-hydrogen) atoms. The number of halogens is 1. The smallest absolute Gasteiger partial charge is 0.407 e. The van der Waals surface area contributed by atoms with E-state index in [0.717, 1.165) is 6.07 Å². The fourth-order valence-electron chi connectivity index (χ4n) is 1.48. The number of alkyl carbamates (subject to hydrolysis) is 1. The van der Waals surface area contributed by atoms with Gasteiger partial charge in [0.05, 0.1) is 12.7 Å². The highest BCUT2D eigenvalue weighted by Crippen LogP contribution is 2.13. The number of rotatable bonds is 3. The van der Waals surface area contributed by atoms with Crippen molar-refractivity contribution < 1.29 is 23.5 Å². The van der Waals surface area contributed by atoms with Gasteiger partial charge in [-0.15, -0.1) is 0 Å². The largest absolute Gasteiger partial charge is 0.465 e. The molecule has 3 N–H and O–H groups in total. The number of hydrogen-bond acceptors (Lipinski definition) is 5. The Balaban J connectivity index is 0.00000211. The number of benzene rings is 1. The maximum absolute atomic E-state index is 13.1. The normalized spacial score (nSPS) is 10.1. The Bertz CT molecular complexity index is 513. The molecule has 0 aliphatic heterocycles. The number of amides is 1. The molecule has 1 aromatic rings. The fourth-order valence-corrected chi connectivity index (χ4v) is 1.48. The molecule has 0 fully saturated rings. The first-order valence-electron chi connectivity index (χ1n) is 6.64. The molecule has 124 valence electrons. The zero-order chi connectivity index (χ0) is 17.3. The van der Waals surface area contributed by atoms with Crippen molar-refractivity contribution in [2.45, 2.75) is 32.9 Å². The van der Waals surface area contributed by atoms with Gasteiger partial charge in [-0.25, -0.2) is 14.0 Å². The molecule has 0 saturated carbocycles. The van der Waals surface area contributed by atoms with Crippen LogP contribution in [0.3, 0.4) is 0 Å². The highest BCUT2D eigenvalue weighted by Gasteiger charge is 2.17. The van der Waals surface area contributed by atoms with Gasteiger partial charge < -0.3 is 20.5 Å². The van der Waals surface area contributed by atoms with Crippen molar-refractivity contribution in [3.8, 4) is 0 Å². The Morgan fingerprint density at radius 1 is 1.27 bits per heavy atom. The van der Waals surface area contributed by atoms with E-state index in [1.165, 1.54) is 26.3 Å². The number of nitrogens with two attached hydrogens (primary N) is 1. The Labute approximate surface area is 129 Å². The molecule has 0 aromatic heterocycles. The summed E-state index contributed by atoms with van der Waals surface area (Å²) >= 11 is 0. The second-order valence-electron chi connectivity index (χ2n) is 5.15. The fraction of sp³-hybridized carbons (Fsp3) is 0.467. The van der Waals surface area contributed by atoms with E-state index in [-0.39, 0.29) is 12.1 Å². The lowest BCUT2D eigenvalue weighted by Gasteiger charge is -2.20. The topological polar surface area (TPSA) is 90.6 Å². The van der Waals surface area contributed by atoms with Crippen LogP contribution in [0.25, 0.3) is 0 Å². The maximum Gasteiger partial charge on any atom is 0.407 e. The quantitative estimate of drug-likeness (QED) is 0.835. The van der Waals surface area contributed by atoms with Gasteiger partial charge in [0, 0.05) is 6.54 Å². The van der Waals surface area contributed by atoms with E-state index in [1.54, 1.807) is 20.8 Å². The van der Waals surface area contributed by atoms with E-state index < -0.39 is 23.5 Å². The third-order valence-corrected chi connectivity index (χ3v) is 2.30. The van der Waals surface area contributed by atoms with Crippen LogP contribution in [0.15, 0.2) is 18.2 Å². The van der Waals surface area contributed by atoms with Crippen LogP contribution in [0.4, 0.5) is 9.18 Å². The molecule has 0 bridgehead atoms. The summed E-state index contributed by atoms with van der Waals surface area (Å²) in [6, 6.07) is 3.69. The summed E-state index contributed by atoms with van der Waals surface area (Å²) in [6.45, 7) is 5.26. The van der Waals surface area contributed by atoms with E-state index in [2.05, 4.69) is 15.8 Å². The molecule has 0 saturated heterocycles. The van der Waals surface area contributed by atoms with E-state index in [9.17, 15) is 14.0 Å². The predicted octanol–water partition coefficient (Wildman–Crippen LogP) is 2.21. The molecule has 7 heteroatoms. The molecule has 1 amide bonds. The van der Waals surface area contributed by atoms with Gasteiger partial charge in [-0.1, -0.05) is 6.07 Å². The van der Waals surface area contributed by atoms with Crippen LogP contribution in [-0.4, -0.2) is 31.8 Å². The molecule has 6 nitrogen and oxygen atoms in total.